The first-order chi connectivity index (χ1) is 12.0. The molecule has 1 aromatic carbocycles. The van der Waals surface area contributed by atoms with Crippen molar-refractivity contribution < 1.29 is 4.79 Å². The number of amides is 1. The van der Waals surface area contributed by atoms with Crippen LogP contribution in [-0.2, 0) is 11.3 Å². The van der Waals surface area contributed by atoms with Crippen molar-refractivity contribution in [3.8, 4) is 5.69 Å². The van der Waals surface area contributed by atoms with Gasteiger partial charge in [-0.2, -0.15) is 0 Å². The molecular weight excluding hydrogens is 316 g/mol. The van der Waals surface area contributed by atoms with Crippen molar-refractivity contribution in [3.63, 3.8) is 0 Å². The van der Waals surface area contributed by atoms with Crippen LogP contribution in [0.25, 0.3) is 5.69 Å². The maximum Gasteiger partial charge on any atom is 0.250 e. The molecule has 0 aliphatic heterocycles. The van der Waals surface area contributed by atoms with Gasteiger partial charge in [-0.3, -0.25) is 9.59 Å². The summed E-state index contributed by atoms with van der Waals surface area (Å²) in [5, 5.41) is 2.85. The predicted octanol–water partition coefficient (Wildman–Crippen LogP) is 2.68. The lowest BCUT2D eigenvalue weighted by molar-refractivity contribution is -0.116. The second kappa shape index (κ2) is 7.17. The second-order valence-electron chi connectivity index (χ2n) is 5.86. The van der Waals surface area contributed by atoms with Crippen molar-refractivity contribution in [3.05, 3.63) is 76.7 Å². The first-order valence-corrected chi connectivity index (χ1v) is 8.11. The minimum atomic E-state index is -0.127. The number of anilines is 1. The van der Waals surface area contributed by atoms with E-state index in [1.54, 1.807) is 24.7 Å². The molecule has 6 nitrogen and oxygen atoms in total. The van der Waals surface area contributed by atoms with Crippen LogP contribution in [0.3, 0.4) is 0 Å². The highest BCUT2D eigenvalue weighted by Gasteiger charge is 2.06. The van der Waals surface area contributed by atoms with Gasteiger partial charge in [0.05, 0.1) is 12.0 Å². The Balaban J connectivity index is 1.61. The molecule has 128 valence electrons. The Hall–Kier alpha value is -3.15. The third-order valence-corrected chi connectivity index (χ3v) is 4.16. The summed E-state index contributed by atoms with van der Waals surface area (Å²) in [7, 11) is 0. The number of nitrogens with zero attached hydrogens (tertiary/aromatic N) is 3. The van der Waals surface area contributed by atoms with E-state index in [0.717, 1.165) is 22.8 Å². The van der Waals surface area contributed by atoms with Crippen LogP contribution < -0.4 is 10.9 Å². The van der Waals surface area contributed by atoms with Crippen molar-refractivity contribution in [1.82, 2.24) is 14.1 Å². The van der Waals surface area contributed by atoms with E-state index < -0.39 is 0 Å². The van der Waals surface area contributed by atoms with Crippen LogP contribution in [0, 0.1) is 13.8 Å². The number of imidazole rings is 1. The molecule has 0 bridgehead atoms. The first-order valence-electron chi connectivity index (χ1n) is 8.11. The summed E-state index contributed by atoms with van der Waals surface area (Å²) in [6.07, 6.45) is 3.71. The van der Waals surface area contributed by atoms with Crippen molar-refractivity contribution in [2.45, 2.75) is 26.8 Å². The Kier molecular flexibility index (Phi) is 4.79. The zero-order valence-electron chi connectivity index (χ0n) is 14.3. The third kappa shape index (κ3) is 3.85. The normalized spacial score (nSPS) is 10.6. The number of rotatable bonds is 5. The van der Waals surface area contributed by atoms with Gasteiger partial charge < -0.3 is 14.5 Å². The first kappa shape index (κ1) is 16.7. The van der Waals surface area contributed by atoms with Gasteiger partial charge in [0.15, 0.2) is 0 Å². The van der Waals surface area contributed by atoms with Crippen molar-refractivity contribution >= 4 is 11.6 Å². The van der Waals surface area contributed by atoms with Crippen LogP contribution >= 0.6 is 0 Å². The maximum atomic E-state index is 12.1. The average molecular weight is 336 g/mol. The van der Waals surface area contributed by atoms with E-state index in [0.29, 0.717) is 6.54 Å². The number of benzene rings is 1. The van der Waals surface area contributed by atoms with Gasteiger partial charge in [-0.1, -0.05) is 6.07 Å². The number of aryl methyl sites for hydroxylation is 2. The Morgan fingerprint density at radius 2 is 1.88 bits per heavy atom. The molecule has 0 aliphatic carbocycles. The van der Waals surface area contributed by atoms with Crippen LogP contribution in [0.5, 0.6) is 0 Å². The molecule has 3 rings (SSSR count). The molecule has 1 N–H and O–H groups in total. The third-order valence-electron chi connectivity index (χ3n) is 4.16. The molecule has 2 aromatic heterocycles. The van der Waals surface area contributed by atoms with E-state index in [2.05, 4.69) is 10.3 Å². The fourth-order valence-corrected chi connectivity index (χ4v) is 2.56. The molecule has 0 radical (unpaired) electrons. The molecule has 25 heavy (non-hydrogen) atoms. The molecule has 3 aromatic rings. The fraction of sp³-hybridized carbons (Fsp3) is 0.211. The highest BCUT2D eigenvalue weighted by Crippen LogP contribution is 2.16. The summed E-state index contributed by atoms with van der Waals surface area (Å²) in [6, 6.07) is 12.5. The molecule has 0 aliphatic rings. The van der Waals surface area contributed by atoms with E-state index in [1.165, 1.54) is 10.6 Å². The molecule has 6 heteroatoms. The van der Waals surface area contributed by atoms with Crippen molar-refractivity contribution in [1.29, 1.82) is 0 Å². The summed E-state index contributed by atoms with van der Waals surface area (Å²) < 4.78 is 3.52. The Labute approximate surface area is 145 Å². The lowest BCUT2D eigenvalue weighted by atomic mass is 10.2. The molecule has 1 amide bonds. The van der Waals surface area contributed by atoms with Crippen LogP contribution in [0.1, 0.15) is 17.8 Å². The minimum Gasteiger partial charge on any atom is -0.326 e. The van der Waals surface area contributed by atoms with E-state index >= 15 is 0 Å². The highest BCUT2D eigenvalue weighted by atomic mass is 16.1. The molecule has 0 spiro atoms. The van der Waals surface area contributed by atoms with Gasteiger partial charge in [0, 0.05) is 42.3 Å². The molecule has 0 saturated heterocycles. The maximum absolute atomic E-state index is 12.1. The summed E-state index contributed by atoms with van der Waals surface area (Å²) >= 11 is 0. The van der Waals surface area contributed by atoms with E-state index in [4.69, 9.17) is 0 Å². The number of aromatic nitrogens is 3. The van der Waals surface area contributed by atoms with Gasteiger partial charge in [0.2, 0.25) is 5.91 Å². The van der Waals surface area contributed by atoms with Gasteiger partial charge >= 0.3 is 0 Å². The summed E-state index contributed by atoms with van der Waals surface area (Å²) in [4.78, 5) is 28.0. The van der Waals surface area contributed by atoms with E-state index in [9.17, 15) is 9.59 Å². The Morgan fingerprint density at radius 3 is 2.52 bits per heavy atom. The topological polar surface area (TPSA) is 68.9 Å². The number of nitrogens with one attached hydrogen (secondary N) is 1. The average Bonchev–Trinajstić information content (AvgIpc) is 2.94. The second-order valence-corrected chi connectivity index (χ2v) is 5.86. The highest BCUT2D eigenvalue weighted by molar-refractivity contribution is 5.90. The SMILES string of the molecule is Cc1ncn(-c2ccc(NC(=O)CCn3ccccc3=O)cc2)c1C. The smallest absolute Gasteiger partial charge is 0.250 e. The number of hydrogen-bond donors (Lipinski definition) is 1. The number of carbonyl (C=O) groups excluding carboxylic acids is 1. The Bertz CT molecular complexity index is 939. The molecule has 0 fully saturated rings. The zero-order valence-corrected chi connectivity index (χ0v) is 14.3. The standard InChI is InChI=1S/C19H20N4O2/c1-14-15(2)23(13-20-14)17-8-6-16(7-9-17)21-18(24)10-12-22-11-4-3-5-19(22)25/h3-9,11,13H,10,12H2,1-2H3,(H,21,24). The lowest BCUT2D eigenvalue weighted by Gasteiger charge is -2.09. The minimum absolute atomic E-state index is 0.106. The van der Waals surface area contributed by atoms with Gasteiger partial charge in [0.25, 0.3) is 5.56 Å². The zero-order chi connectivity index (χ0) is 17.8. The lowest BCUT2D eigenvalue weighted by Crippen LogP contribution is -2.21. The number of pyridine rings is 1. The van der Waals surface area contributed by atoms with E-state index in [1.807, 2.05) is 42.7 Å². The van der Waals surface area contributed by atoms with Crippen LogP contribution in [-0.4, -0.2) is 20.0 Å². The monoisotopic (exact) mass is 336 g/mol. The summed E-state index contributed by atoms with van der Waals surface area (Å²) in [6.45, 7) is 4.35. The van der Waals surface area contributed by atoms with Gasteiger partial charge in [-0.05, 0) is 44.2 Å². The molecule has 0 saturated carbocycles. The molecule has 0 atom stereocenters. The van der Waals surface area contributed by atoms with Crippen LogP contribution in [0.15, 0.2) is 59.8 Å². The quantitative estimate of drug-likeness (QED) is 0.779. The van der Waals surface area contributed by atoms with Crippen molar-refractivity contribution in [2.24, 2.45) is 0 Å². The Morgan fingerprint density at radius 1 is 1.12 bits per heavy atom. The molecular formula is C19H20N4O2. The molecule has 0 unspecified atom stereocenters. The largest absolute Gasteiger partial charge is 0.326 e. The van der Waals surface area contributed by atoms with Crippen LogP contribution in [0.2, 0.25) is 0 Å². The molecule has 2 heterocycles. The van der Waals surface area contributed by atoms with Crippen LogP contribution in [0.4, 0.5) is 5.69 Å². The van der Waals surface area contributed by atoms with Crippen molar-refractivity contribution in [2.75, 3.05) is 5.32 Å². The predicted molar refractivity (Wildman–Crippen MR) is 97.0 cm³/mol. The fourth-order valence-electron chi connectivity index (χ4n) is 2.56. The number of hydrogen-bond acceptors (Lipinski definition) is 3. The van der Waals surface area contributed by atoms with E-state index in [-0.39, 0.29) is 17.9 Å². The summed E-state index contributed by atoms with van der Waals surface area (Å²) in [5.74, 6) is -0.127. The number of carbonyl (C=O) groups is 1. The summed E-state index contributed by atoms with van der Waals surface area (Å²) in [5.41, 5.74) is 3.69. The van der Waals surface area contributed by atoms with Gasteiger partial charge in [0.1, 0.15) is 0 Å². The van der Waals surface area contributed by atoms with Gasteiger partial charge in [-0.15, -0.1) is 0 Å². The van der Waals surface area contributed by atoms with Gasteiger partial charge in [-0.25, -0.2) is 4.98 Å².